The third-order valence-corrected chi connectivity index (χ3v) is 6.52. The Hall–Kier alpha value is -2.41. The molecule has 0 bridgehead atoms. The van der Waals surface area contributed by atoms with E-state index in [-0.39, 0.29) is 11.4 Å². The fraction of sp³-hybridized carbons (Fsp3) is 0.125. The Labute approximate surface area is 199 Å². The molecule has 4 nitrogen and oxygen atoms in total. The molecule has 1 atom stereocenters. The first-order valence-corrected chi connectivity index (χ1v) is 11.7. The summed E-state index contributed by atoms with van der Waals surface area (Å²) in [5.41, 5.74) is 3.61. The second-order valence-electron chi connectivity index (χ2n) is 7.04. The summed E-state index contributed by atoms with van der Waals surface area (Å²) in [6.45, 7) is 2.45. The molecule has 0 aliphatic carbocycles. The number of hydrogen-bond donors (Lipinski definition) is 2. The summed E-state index contributed by atoms with van der Waals surface area (Å²) < 4.78 is 7.06. The third kappa shape index (κ3) is 5.64. The highest BCUT2D eigenvalue weighted by Gasteiger charge is 2.27. The van der Waals surface area contributed by atoms with E-state index in [9.17, 15) is 4.79 Å². The van der Waals surface area contributed by atoms with Crippen LogP contribution in [0.25, 0.3) is 6.08 Å². The van der Waals surface area contributed by atoms with Crippen LogP contribution in [0.2, 0.25) is 5.02 Å². The van der Waals surface area contributed by atoms with Crippen LogP contribution in [-0.2, 0) is 11.4 Å². The Bertz CT molecular complexity index is 1130. The standard InChI is InChI=1S/C24H20BrClN2O2S/c1-15-6-11-19(26)13-20(15)27-24-28-23(29)22(31-24)12-17-4-2-3-5-21(17)30-14-16-7-9-18(25)10-8-16/h2-13,24,27H,14H2,1H3,(H,28,29)/b22-12-. The zero-order valence-electron chi connectivity index (χ0n) is 16.7. The highest BCUT2D eigenvalue weighted by Crippen LogP contribution is 2.33. The average Bonchev–Trinajstić information content (AvgIpc) is 3.10. The Balaban J connectivity index is 1.47. The van der Waals surface area contributed by atoms with Gasteiger partial charge in [-0.2, -0.15) is 0 Å². The lowest BCUT2D eigenvalue weighted by Gasteiger charge is -2.15. The van der Waals surface area contributed by atoms with Gasteiger partial charge >= 0.3 is 0 Å². The van der Waals surface area contributed by atoms with Crippen LogP contribution in [0.15, 0.2) is 76.1 Å². The predicted molar refractivity (Wildman–Crippen MR) is 132 cm³/mol. The quantitative estimate of drug-likeness (QED) is 0.364. The van der Waals surface area contributed by atoms with Gasteiger partial charge in [-0.3, -0.25) is 4.79 Å². The van der Waals surface area contributed by atoms with E-state index in [1.54, 1.807) is 0 Å². The number of carbonyl (C=O) groups is 1. The van der Waals surface area contributed by atoms with Crippen LogP contribution >= 0.6 is 39.3 Å². The molecule has 3 aromatic rings. The first-order valence-electron chi connectivity index (χ1n) is 9.66. The molecular formula is C24H20BrClN2O2S. The normalized spacial score (nSPS) is 16.9. The minimum absolute atomic E-state index is 0.120. The van der Waals surface area contributed by atoms with Gasteiger partial charge in [0.1, 0.15) is 12.4 Å². The Kier molecular flexibility index (Phi) is 6.90. The molecule has 0 spiro atoms. The van der Waals surface area contributed by atoms with Crippen molar-refractivity contribution >= 4 is 57.0 Å². The lowest BCUT2D eigenvalue weighted by atomic mass is 10.2. The van der Waals surface area contributed by atoms with Gasteiger partial charge in [0, 0.05) is 20.7 Å². The van der Waals surface area contributed by atoms with Crippen molar-refractivity contribution in [2.75, 3.05) is 5.32 Å². The molecule has 1 unspecified atom stereocenters. The van der Waals surface area contributed by atoms with E-state index in [2.05, 4.69) is 26.6 Å². The van der Waals surface area contributed by atoms with Crippen molar-refractivity contribution < 1.29 is 9.53 Å². The van der Waals surface area contributed by atoms with E-state index >= 15 is 0 Å². The van der Waals surface area contributed by atoms with E-state index in [0.29, 0.717) is 16.5 Å². The number of thioether (sulfide) groups is 1. The Morgan fingerprint density at radius 2 is 1.94 bits per heavy atom. The van der Waals surface area contributed by atoms with Gasteiger partial charge in [-0.1, -0.05) is 75.7 Å². The Morgan fingerprint density at radius 1 is 1.16 bits per heavy atom. The molecule has 1 fully saturated rings. The Morgan fingerprint density at radius 3 is 2.74 bits per heavy atom. The monoisotopic (exact) mass is 514 g/mol. The molecule has 1 aliphatic rings. The number of aryl methyl sites for hydroxylation is 1. The van der Waals surface area contributed by atoms with Crippen molar-refractivity contribution in [3.63, 3.8) is 0 Å². The van der Waals surface area contributed by atoms with Gasteiger partial charge < -0.3 is 15.4 Å². The molecule has 1 heterocycles. The summed E-state index contributed by atoms with van der Waals surface area (Å²) in [6.07, 6.45) is 1.86. The number of rotatable bonds is 6. The zero-order valence-corrected chi connectivity index (χ0v) is 19.9. The number of hydrogen-bond acceptors (Lipinski definition) is 4. The molecule has 0 aromatic heterocycles. The maximum Gasteiger partial charge on any atom is 0.260 e. The summed E-state index contributed by atoms with van der Waals surface area (Å²) in [4.78, 5) is 13.2. The zero-order chi connectivity index (χ0) is 21.8. The molecule has 1 amide bonds. The van der Waals surface area contributed by atoms with E-state index in [4.69, 9.17) is 16.3 Å². The number of nitrogens with one attached hydrogen (secondary N) is 2. The van der Waals surface area contributed by atoms with E-state index < -0.39 is 0 Å². The van der Waals surface area contributed by atoms with E-state index in [1.165, 1.54) is 11.8 Å². The minimum atomic E-state index is -0.272. The summed E-state index contributed by atoms with van der Waals surface area (Å²) in [7, 11) is 0. The highest BCUT2D eigenvalue weighted by atomic mass is 79.9. The van der Waals surface area contributed by atoms with Crippen LogP contribution < -0.4 is 15.4 Å². The second-order valence-corrected chi connectivity index (χ2v) is 9.54. The molecule has 0 radical (unpaired) electrons. The topological polar surface area (TPSA) is 50.4 Å². The van der Waals surface area contributed by atoms with Gasteiger partial charge in [0.2, 0.25) is 0 Å². The fourth-order valence-electron chi connectivity index (χ4n) is 3.07. The number of anilines is 1. The largest absolute Gasteiger partial charge is 0.488 e. The highest BCUT2D eigenvalue weighted by molar-refractivity contribution is 9.10. The molecule has 1 aliphatic heterocycles. The second kappa shape index (κ2) is 9.81. The van der Waals surface area contributed by atoms with Crippen LogP contribution in [-0.4, -0.2) is 11.4 Å². The maximum atomic E-state index is 12.5. The average molecular weight is 516 g/mol. The number of benzene rings is 3. The van der Waals surface area contributed by atoms with E-state index in [1.807, 2.05) is 79.7 Å². The van der Waals surface area contributed by atoms with E-state index in [0.717, 1.165) is 32.6 Å². The lowest BCUT2D eigenvalue weighted by Crippen LogP contribution is -2.31. The van der Waals surface area contributed by atoms with Crippen molar-refractivity contribution in [1.29, 1.82) is 0 Å². The third-order valence-electron chi connectivity index (χ3n) is 4.73. The van der Waals surface area contributed by atoms with Gasteiger partial charge in [0.15, 0.2) is 5.50 Å². The van der Waals surface area contributed by atoms with Crippen LogP contribution in [0.5, 0.6) is 5.75 Å². The molecule has 0 saturated carbocycles. The SMILES string of the molecule is Cc1ccc(Cl)cc1NC1NC(=O)/C(=C/c2ccccc2OCc2ccc(Br)cc2)S1. The number of halogens is 2. The van der Waals surface area contributed by atoms with Crippen LogP contribution in [0.3, 0.4) is 0 Å². The fourth-order valence-corrected chi connectivity index (χ4v) is 4.47. The molecule has 158 valence electrons. The summed E-state index contributed by atoms with van der Waals surface area (Å²) in [6, 6.07) is 21.4. The van der Waals surface area contributed by atoms with Crippen molar-refractivity contribution in [2.24, 2.45) is 0 Å². The van der Waals surface area contributed by atoms with Gasteiger partial charge in [0.25, 0.3) is 5.91 Å². The first kappa shape index (κ1) is 21.8. The van der Waals surface area contributed by atoms with Crippen molar-refractivity contribution in [3.8, 4) is 5.75 Å². The van der Waals surface area contributed by atoms with Gasteiger partial charge in [-0.05, 0) is 54.5 Å². The summed E-state index contributed by atoms with van der Waals surface area (Å²) in [5, 5.41) is 6.94. The van der Waals surface area contributed by atoms with Crippen LogP contribution in [0.1, 0.15) is 16.7 Å². The maximum absolute atomic E-state index is 12.5. The molecule has 7 heteroatoms. The molecular weight excluding hydrogens is 496 g/mol. The van der Waals surface area contributed by atoms with Crippen molar-refractivity contribution in [2.45, 2.75) is 19.0 Å². The summed E-state index contributed by atoms with van der Waals surface area (Å²) in [5.74, 6) is 0.610. The number of carbonyl (C=O) groups excluding carboxylic acids is 1. The first-order chi connectivity index (χ1) is 15.0. The number of ether oxygens (including phenoxy) is 1. The lowest BCUT2D eigenvalue weighted by molar-refractivity contribution is -0.116. The predicted octanol–water partition coefficient (Wildman–Crippen LogP) is 6.59. The summed E-state index contributed by atoms with van der Waals surface area (Å²) >= 11 is 11.0. The molecule has 2 N–H and O–H groups in total. The molecule has 3 aromatic carbocycles. The number of para-hydroxylation sites is 1. The number of amides is 1. The molecule has 4 rings (SSSR count). The molecule has 1 saturated heterocycles. The van der Waals surface area contributed by atoms with Crippen LogP contribution in [0, 0.1) is 6.92 Å². The van der Waals surface area contributed by atoms with Crippen molar-refractivity contribution in [3.05, 3.63) is 97.8 Å². The van der Waals surface area contributed by atoms with Gasteiger partial charge in [-0.15, -0.1) is 0 Å². The minimum Gasteiger partial charge on any atom is -0.488 e. The van der Waals surface area contributed by atoms with Crippen molar-refractivity contribution in [1.82, 2.24) is 5.32 Å². The van der Waals surface area contributed by atoms with Gasteiger partial charge in [0.05, 0.1) is 4.91 Å². The van der Waals surface area contributed by atoms with Gasteiger partial charge in [-0.25, -0.2) is 0 Å². The smallest absolute Gasteiger partial charge is 0.260 e. The van der Waals surface area contributed by atoms with Crippen LogP contribution in [0.4, 0.5) is 5.69 Å². The molecule has 31 heavy (non-hydrogen) atoms.